The van der Waals surface area contributed by atoms with Crippen LogP contribution in [0.15, 0.2) is 53.2 Å². The van der Waals surface area contributed by atoms with E-state index in [-0.39, 0.29) is 11.9 Å². The molecule has 3 aromatic rings. The summed E-state index contributed by atoms with van der Waals surface area (Å²) in [6.45, 7) is 5.60. The highest BCUT2D eigenvalue weighted by Gasteiger charge is 2.29. The van der Waals surface area contributed by atoms with Gasteiger partial charge in [-0.05, 0) is 23.9 Å². The number of hydrogen-bond acceptors (Lipinski definition) is 5. The van der Waals surface area contributed by atoms with Crippen molar-refractivity contribution < 1.29 is 4.79 Å². The number of benzene rings is 1. The molecular formula is C20H21N3OS2. The molecule has 6 heteroatoms. The predicted molar refractivity (Wildman–Crippen MR) is 108 cm³/mol. The number of nitrogens with zero attached hydrogens (tertiary/aromatic N) is 3. The molecule has 1 atom stereocenters. The Balaban J connectivity index is 1.40. The molecule has 1 saturated heterocycles. The first-order valence-electron chi connectivity index (χ1n) is 8.77. The molecule has 2 aromatic heterocycles. The van der Waals surface area contributed by atoms with E-state index >= 15 is 0 Å². The Morgan fingerprint density at radius 3 is 2.73 bits per heavy atom. The molecule has 26 heavy (non-hydrogen) atoms. The van der Waals surface area contributed by atoms with Crippen LogP contribution in [0.2, 0.25) is 0 Å². The topological polar surface area (TPSA) is 36.4 Å². The fraction of sp³-hybridized carbons (Fsp3) is 0.300. The highest BCUT2D eigenvalue weighted by Crippen LogP contribution is 2.28. The fourth-order valence-electron chi connectivity index (χ4n) is 3.35. The summed E-state index contributed by atoms with van der Waals surface area (Å²) in [5, 5.41) is 4.85. The number of rotatable bonds is 4. The summed E-state index contributed by atoms with van der Waals surface area (Å²) in [6, 6.07) is 14.7. The highest BCUT2D eigenvalue weighted by atomic mass is 32.1. The standard InChI is InChI=1S/C20H21N3OS2/c1-15-12-22(13-16-6-3-2-4-7-16)9-10-23(15)20(24)17-14-26-19(21-17)18-8-5-11-25-18/h2-8,11,14-15H,9-10,12-13H2,1H3/t15-/m1/s1. The molecular weight excluding hydrogens is 362 g/mol. The number of thiazole rings is 1. The molecule has 1 aromatic carbocycles. The minimum Gasteiger partial charge on any atom is -0.332 e. The van der Waals surface area contributed by atoms with Crippen LogP contribution in [-0.4, -0.2) is 46.4 Å². The van der Waals surface area contributed by atoms with Crippen molar-refractivity contribution in [1.29, 1.82) is 0 Å². The normalized spacial score (nSPS) is 18.2. The van der Waals surface area contributed by atoms with Gasteiger partial charge in [0.15, 0.2) is 0 Å². The molecule has 134 valence electrons. The van der Waals surface area contributed by atoms with Gasteiger partial charge in [-0.3, -0.25) is 9.69 Å². The molecule has 0 N–H and O–H groups in total. The predicted octanol–water partition coefficient (Wildman–Crippen LogP) is 4.22. The Labute approximate surface area is 161 Å². The van der Waals surface area contributed by atoms with Crippen LogP contribution in [0.3, 0.4) is 0 Å². The molecule has 4 rings (SSSR count). The molecule has 3 heterocycles. The number of piperazine rings is 1. The maximum Gasteiger partial charge on any atom is 0.273 e. The van der Waals surface area contributed by atoms with Gasteiger partial charge >= 0.3 is 0 Å². The Kier molecular flexibility index (Phi) is 5.15. The van der Waals surface area contributed by atoms with Crippen molar-refractivity contribution in [2.75, 3.05) is 19.6 Å². The zero-order valence-corrected chi connectivity index (χ0v) is 16.3. The smallest absolute Gasteiger partial charge is 0.273 e. The molecule has 0 bridgehead atoms. The minimum atomic E-state index is 0.0518. The van der Waals surface area contributed by atoms with E-state index < -0.39 is 0 Å². The van der Waals surface area contributed by atoms with Crippen LogP contribution in [0.4, 0.5) is 0 Å². The van der Waals surface area contributed by atoms with E-state index in [4.69, 9.17) is 0 Å². The van der Waals surface area contributed by atoms with E-state index in [9.17, 15) is 4.79 Å². The first kappa shape index (κ1) is 17.4. The van der Waals surface area contributed by atoms with Gasteiger partial charge in [0, 0.05) is 37.6 Å². The third kappa shape index (κ3) is 3.72. The van der Waals surface area contributed by atoms with Gasteiger partial charge in [0.1, 0.15) is 10.7 Å². The van der Waals surface area contributed by atoms with E-state index in [1.165, 1.54) is 5.56 Å². The van der Waals surface area contributed by atoms with Gasteiger partial charge in [-0.15, -0.1) is 22.7 Å². The van der Waals surface area contributed by atoms with E-state index in [2.05, 4.69) is 41.1 Å². The third-order valence-corrected chi connectivity index (χ3v) is 6.56. The quantitative estimate of drug-likeness (QED) is 0.677. The van der Waals surface area contributed by atoms with Crippen molar-refractivity contribution in [3.05, 3.63) is 64.5 Å². The zero-order chi connectivity index (χ0) is 17.9. The largest absolute Gasteiger partial charge is 0.332 e. The number of carbonyl (C=O) groups excluding carboxylic acids is 1. The molecule has 4 nitrogen and oxygen atoms in total. The zero-order valence-electron chi connectivity index (χ0n) is 14.7. The van der Waals surface area contributed by atoms with Crippen LogP contribution in [0.25, 0.3) is 9.88 Å². The van der Waals surface area contributed by atoms with Crippen LogP contribution >= 0.6 is 22.7 Å². The van der Waals surface area contributed by atoms with Gasteiger partial charge in [-0.1, -0.05) is 36.4 Å². The molecule has 0 unspecified atom stereocenters. The van der Waals surface area contributed by atoms with Crippen LogP contribution in [-0.2, 0) is 6.54 Å². The lowest BCUT2D eigenvalue weighted by atomic mass is 10.1. The SMILES string of the molecule is C[C@@H]1CN(Cc2ccccc2)CCN1C(=O)c1csc(-c2cccs2)n1. The van der Waals surface area contributed by atoms with Crippen molar-refractivity contribution in [2.45, 2.75) is 19.5 Å². The maximum atomic E-state index is 12.9. The second kappa shape index (κ2) is 7.70. The Morgan fingerprint density at radius 2 is 2.00 bits per heavy atom. The molecule has 1 aliphatic heterocycles. The Bertz CT molecular complexity index is 860. The average molecular weight is 384 g/mol. The van der Waals surface area contributed by atoms with Crippen LogP contribution in [0, 0.1) is 0 Å². The molecule has 0 radical (unpaired) electrons. The molecule has 1 fully saturated rings. The van der Waals surface area contributed by atoms with Crippen LogP contribution in [0.5, 0.6) is 0 Å². The van der Waals surface area contributed by atoms with E-state index in [1.54, 1.807) is 22.7 Å². The number of amides is 1. The summed E-state index contributed by atoms with van der Waals surface area (Å²) in [6.07, 6.45) is 0. The lowest BCUT2D eigenvalue weighted by Crippen LogP contribution is -2.53. The molecule has 0 saturated carbocycles. The second-order valence-electron chi connectivity index (χ2n) is 6.58. The summed E-state index contributed by atoms with van der Waals surface area (Å²) in [7, 11) is 0. The lowest BCUT2D eigenvalue weighted by Gasteiger charge is -2.39. The van der Waals surface area contributed by atoms with Gasteiger partial charge < -0.3 is 4.90 Å². The first-order valence-corrected chi connectivity index (χ1v) is 10.5. The van der Waals surface area contributed by atoms with Crippen LogP contribution in [0.1, 0.15) is 23.0 Å². The minimum absolute atomic E-state index is 0.0518. The summed E-state index contributed by atoms with van der Waals surface area (Å²) >= 11 is 3.20. The lowest BCUT2D eigenvalue weighted by molar-refractivity contribution is 0.0471. The number of thiophene rings is 1. The van der Waals surface area contributed by atoms with E-state index in [1.807, 2.05) is 33.9 Å². The summed E-state index contributed by atoms with van der Waals surface area (Å²) in [4.78, 5) is 23.0. The Morgan fingerprint density at radius 1 is 1.15 bits per heavy atom. The monoisotopic (exact) mass is 383 g/mol. The van der Waals surface area contributed by atoms with Gasteiger partial charge in [-0.2, -0.15) is 0 Å². The van der Waals surface area contributed by atoms with Crippen molar-refractivity contribution in [2.24, 2.45) is 0 Å². The van der Waals surface area contributed by atoms with E-state index in [0.717, 1.165) is 36.1 Å². The average Bonchev–Trinajstić information content (AvgIpc) is 3.34. The molecule has 1 aliphatic rings. The van der Waals surface area contributed by atoms with Crippen LogP contribution < -0.4 is 0 Å². The van der Waals surface area contributed by atoms with Gasteiger partial charge in [0.05, 0.1) is 4.88 Å². The summed E-state index contributed by atoms with van der Waals surface area (Å²) in [5.41, 5.74) is 1.89. The number of aromatic nitrogens is 1. The number of hydrogen-bond donors (Lipinski definition) is 0. The highest BCUT2D eigenvalue weighted by molar-refractivity contribution is 7.20. The van der Waals surface area contributed by atoms with Crippen molar-refractivity contribution in [3.63, 3.8) is 0 Å². The third-order valence-electron chi connectivity index (χ3n) is 4.68. The van der Waals surface area contributed by atoms with Crippen molar-refractivity contribution in [3.8, 4) is 9.88 Å². The molecule has 1 amide bonds. The second-order valence-corrected chi connectivity index (χ2v) is 8.39. The molecule has 0 spiro atoms. The maximum absolute atomic E-state index is 12.9. The van der Waals surface area contributed by atoms with E-state index in [0.29, 0.717) is 5.69 Å². The summed E-state index contributed by atoms with van der Waals surface area (Å²) < 4.78 is 0. The summed E-state index contributed by atoms with van der Waals surface area (Å²) in [5.74, 6) is 0.0518. The first-order chi connectivity index (χ1) is 12.7. The van der Waals surface area contributed by atoms with Crippen molar-refractivity contribution in [1.82, 2.24) is 14.8 Å². The Hall–Kier alpha value is -2.02. The number of carbonyl (C=O) groups is 1. The fourth-order valence-corrected chi connectivity index (χ4v) is 4.96. The van der Waals surface area contributed by atoms with Gasteiger partial charge in [0.25, 0.3) is 5.91 Å². The molecule has 0 aliphatic carbocycles. The van der Waals surface area contributed by atoms with Gasteiger partial charge in [-0.25, -0.2) is 4.98 Å². The van der Waals surface area contributed by atoms with Gasteiger partial charge in [0.2, 0.25) is 0 Å². The van der Waals surface area contributed by atoms with Crippen molar-refractivity contribution >= 4 is 28.6 Å².